The van der Waals surface area contributed by atoms with E-state index in [9.17, 15) is 0 Å². The van der Waals surface area contributed by atoms with E-state index in [2.05, 4.69) is 48.5 Å². The zero-order valence-electron chi connectivity index (χ0n) is 10.8. The van der Waals surface area contributed by atoms with Crippen molar-refractivity contribution in [1.29, 1.82) is 0 Å². The molecule has 0 aromatic heterocycles. The molecule has 1 atom stereocenters. The molecule has 1 saturated heterocycles. The first kappa shape index (κ1) is 12.2. The molecule has 14 heavy (non-hydrogen) atoms. The van der Waals surface area contributed by atoms with Crippen molar-refractivity contribution >= 4 is 8.07 Å². The number of epoxide rings is 1. The predicted molar refractivity (Wildman–Crippen MR) is 65.4 cm³/mol. The second-order valence-corrected chi connectivity index (χ2v) is 12.3. The molecule has 0 aromatic carbocycles. The Labute approximate surface area is 90.2 Å². The molecular formula is C12H26OSi. The molecule has 84 valence electrons. The average molecular weight is 214 g/mol. The molecule has 1 heterocycles. The van der Waals surface area contributed by atoms with E-state index in [1.165, 1.54) is 0 Å². The molecule has 0 radical (unpaired) electrons. The maximum Gasteiger partial charge on any atom is 0.102 e. The molecule has 0 N–H and O–H groups in total. The summed E-state index contributed by atoms with van der Waals surface area (Å²) < 4.78 is 5.81. The smallest absolute Gasteiger partial charge is 0.102 e. The molecule has 1 rings (SSSR count). The summed E-state index contributed by atoms with van der Waals surface area (Å²) in [4.78, 5) is 0. The third kappa shape index (κ3) is 1.47. The van der Waals surface area contributed by atoms with Crippen LogP contribution in [0, 0.1) is 0 Å². The highest BCUT2D eigenvalue weighted by atomic mass is 28.3. The second-order valence-electron chi connectivity index (χ2n) is 5.92. The molecule has 1 nitrogen and oxygen atoms in total. The largest absolute Gasteiger partial charge is 0.374 e. The summed E-state index contributed by atoms with van der Waals surface area (Å²) in [6.45, 7) is 17.8. The van der Waals surface area contributed by atoms with Gasteiger partial charge >= 0.3 is 0 Å². The Hall–Kier alpha value is 0.177. The van der Waals surface area contributed by atoms with Crippen LogP contribution in [-0.4, -0.2) is 19.9 Å². The van der Waals surface area contributed by atoms with Gasteiger partial charge in [-0.2, -0.15) is 0 Å². The Morgan fingerprint density at radius 2 is 1.21 bits per heavy atom. The molecule has 1 aliphatic rings. The van der Waals surface area contributed by atoms with Crippen molar-refractivity contribution in [1.82, 2.24) is 0 Å². The molecule has 2 heteroatoms. The lowest BCUT2D eigenvalue weighted by Crippen LogP contribution is -2.56. The van der Waals surface area contributed by atoms with E-state index in [1.54, 1.807) is 0 Å². The van der Waals surface area contributed by atoms with Crippen LogP contribution in [0.15, 0.2) is 0 Å². The van der Waals surface area contributed by atoms with Gasteiger partial charge in [0.15, 0.2) is 0 Å². The zero-order valence-corrected chi connectivity index (χ0v) is 11.8. The Kier molecular flexibility index (Phi) is 3.18. The normalized spacial score (nSPS) is 27.9. The van der Waals surface area contributed by atoms with Crippen LogP contribution in [0.1, 0.15) is 48.5 Å². The maximum atomic E-state index is 5.81. The van der Waals surface area contributed by atoms with Crippen molar-refractivity contribution in [2.45, 2.75) is 70.3 Å². The first-order valence-electron chi connectivity index (χ1n) is 5.93. The SMILES string of the molecule is CC(C)[Si](C(C)C)(C(C)C)C1(C)CO1. The first-order valence-corrected chi connectivity index (χ1v) is 8.16. The lowest BCUT2D eigenvalue weighted by atomic mass is 10.5. The third-order valence-electron chi connectivity index (χ3n) is 4.36. The fourth-order valence-electron chi connectivity index (χ4n) is 4.19. The van der Waals surface area contributed by atoms with E-state index in [4.69, 9.17) is 4.74 Å². The van der Waals surface area contributed by atoms with E-state index in [0.29, 0.717) is 0 Å². The first-order chi connectivity index (χ1) is 6.29. The minimum atomic E-state index is -1.34. The maximum absolute atomic E-state index is 5.81. The Balaban J connectivity index is 3.09. The van der Waals surface area contributed by atoms with E-state index >= 15 is 0 Å². The quantitative estimate of drug-likeness (QED) is 0.509. The summed E-state index contributed by atoms with van der Waals surface area (Å²) in [6, 6.07) is 0. The summed E-state index contributed by atoms with van der Waals surface area (Å²) in [5, 5.41) is 0.267. The number of ether oxygens (including phenoxy) is 1. The van der Waals surface area contributed by atoms with Gasteiger partial charge in [0.05, 0.1) is 11.8 Å². The van der Waals surface area contributed by atoms with Gasteiger partial charge in [-0.05, 0) is 23.5 Å². The van der Waals surface area contributed by atoms with Crippen molar-refractivity contribution in [3.05, 3.63) is 0 Å². The van der Waals surface area contributed by atoms with Gasteiger partial charge < -0.3 is 4.74 Å². The van der Waals surface area contributed by atoms with Gasteiger partial charge in [0.2, 0.25) is 0 Å². The standard InChI is InChI=1S/C12H26OSi/c1-9(2)14(10(3)4,11(5)6)12(7)8-13-12/h9-11H,8H2,1-7H3. The highest BCUT2D eigenvalue weighted by Crippen LogP contribution is 2.54. The van der Waals surface area contributed by atoms with Gasteiger partial charge in [0.1, 0.15) is 8.07 Å². The van der Waals surface area contributed by atoms with Crippen LogP contribution in [0.3, 0.4) is 0 Å². The Morgan fingerprint density at radius 1 is 0.929 bits per heavy atom. The van der Waals surface area contributed by atoms with Gasteiger partial charge in [-0.3, -0.25) is 0 Å². The Bertz CT molecular complexity index is 183. The van der Waals surface area contributed by atoms with Crippen LogP contribution in [0.25, 0.3) is 0 Å². The van der Waals surface area contributed by atoms with E-state index in [0.717, 1.165) is 23.2 Å². The predicted octanol–water partition coefficient (Wildman–Crippen LogP) is 3.99. The number of rotatable bonds is 4. The second kappa shape index (κ2) is 3.64. The highest BCUT2D eigenvalue weighted by molar-refractivity contribution is 6.86. The minimum Gasteiger partial charge on any atom is -0.374 e. The van der Waals surface area contributed by atoms with Crippen molar-refractivity contribution in [3.8, 4) is 0 Å². The number of hydrogen-bond donors (Lipinski definition) is 0. The molecule has 1 unspecified atom stereocenters. The van der Waals surface area contributed by atoms with Crippen molar-refractivity contribution in [2.75, 3.05) is 6.61 Å². The summed E-state index contributed by atoms with van der Waals surface area (Å²) in [5.74, 6) is 0. The third-order valence-corrected chi connectivity index (χ3v) is 12.2. The molecule has 0 bridgehead atoms. The number of hydrogen-bond acceptors (Lipinski definition) is 1. The molecule has 1 fully saturated rings. The zero-order chi connectivity index (χ0) is 11.1. The topological polar surface area (TPSA) is 12.5 Å². The molecule has 0 amide bonds. The molecular weight excluding hydrogens is 188 g/mol. The molecule has 0 saturated carbocycles. The molecule has 0 aromatic rings. The highest BCUT2D eigenvalue weighted by Gasteiger charge is 2.63. The van der Waals surface area contributed by atoms with Crippen molar-refractivity contribution in [2.24, 2.45) is 0 Å². The molecule has 0 aliphatic carbocycles. The Morgan fingerprint density at radius 3 is 1.29 bits per heavy atom. The molecule has 0 spiro atoms. The van der Waals surface area contributed by atoms with E-state index in [-0.39, 0.29) is 5.22 Å². The van der Waals surface area contributed by atoms with Gasteiger partial charge in [-0.15, -0.1) is 0 Å². The molecule has 1 aliphatic heterocycles. The van der Waals surface area contributed by atoms with Crippen LogP contribution in [-0.2, 0) is 4.74 Å². The van der Waals surface area contributed by atoms with E-state index < -0.39 is 8.07 Å². The van der Waals surface area contributed by atoms with Gasteiger partial charge in [0.25, 0.3) is 0 Å². The summed E-state index contributed by atoms with van der Waals surface area (Å²) in [5.41, 5.74) is 2.44. The van der Waals surface area contributed by atoms with Crippen LogP contribution in [0.2, 0.25) is 16.6 Å². The van der Waals surface area contributed by atoms with Crippen molar-refractivity contribution in [3.63, 3.8) is 0 Å². The monoisotopic (exact) mass is 214 g/mol. The lowest BCUT2D eigenvalue weighted by Gasteiger charge is -2.46. The van der Waals surface area contributed by atoms with Crippen LogP contribution >= 0.6 is 0 Å². The van der Waals surface area contributed by atoms with Crippen LogP contribution in [0.5, 0.6) is 0 Å². The average Bonchev–Trinajstić information content (AvgIpc) is 2.66. The van der Waals surface area contributed by atoms with Gasteiger partial charge in [-0.1, -0.05) is 41.5 Å². The van der Waals surface area contributed by atoms with Gasteiger partial charge in [-0.25, -0.2) is 0 Å². The summed E-state index contributed by atoms with van der Waals surface area (Å²) in [6.07, 6.45) is 0. The fourth-order valence-corrected chi connectivity index (χ4v) is 12.4. The minimum absolute atomic E-state index is 0.267. The van der Waals surface area contributed by atoms with Crippen LogP contribution in [0.4, 0.5) is 0 Å². The summed E-state index contributed by atoms with van der Waals surface area (Å²) in [7, 11) is -1.34. The van der Waals surface area contributed by atoms with Crippen molar-refractivity contribution < 1.29 is 4.74 Å². The fraction of sp³-hybridized carbons (Fsp3) is 1.00. The lowest BCUT2D eigenvalue weighted by molar-refractivity contribution is 0.374. The van der Waals surface area contributed by atoms with Crippen LogP contribution < -0.4 is 0 Å². The van der Waals surface area contributed by atoms with E-state index in [1.807, 2.05) is 0 Å². The van der Waals surface area contributed by atoms with Gasteiger partial charge in [0, 0.05) is 0 Å². The summed E-state index contributed by atoms with van der Waals surface area (Å²) >= 11 is 0.